The van der Waals surface area contributed by atoms with E-state index in [0.717, 1.165) is 25.7 Å². The molecule has 0 saturated heterocycles. The fourth-order valence-corrected chi connectivity index (χ4v) is 4.55. The molecule has 0 aromatic rings. The molecular formula is C18H24F11I. The van der Waals surface area contributed by atoms with E-state index in [9.17, 15) is 43.9 Å². The summed E-state index contributed by atoms with van der Waals surface area (Å²) in [7, 11) is 0. The van der Waals surface area contributed by atoms with Crippen molar-refractivity contribution in [3.63, 3.8) is 0 Å². The maximum atomic E-state index is 15.0. The van der Waals surface area contributed by atoms with Gasteiger partial charge in [-0.3, -0.25) is 0 Å². The molecule has 0 heterocycles. The monoisotopic (exact) mass is 576 g/mol. The van der Waals surface area contributed by atoms with Crippen molar-refractivity contribution in [2.75, 3.05) is 0 Å². The highest BCUT2D eigenvalue weighted by Gasteiger charge is 3.01. The standard InChI is InChI=1S/C18H24F11I/c1-3-4-5-6-7-8-9-10-12(30)11(2)13(19)14(20,21)16(24,25)18(28,29)17(26,27)15(13,22)23/h11-12H,3-10H2,1-2H3. The number of halogens is 12. The molecule has 1 saturated carbocycles. The summed E-state index contributed by atoms with van der Waals surface area (Å²) in [6, 6.07) is 0. The third kappa shape index (κ3) is 3.82. The van der Waals surface area contributed by atoms with Gasteiger partial charge in [-0.05, 0) is 6.42 Å². The first kappa shape index (κ1) is 28.0. The van der Waals surface area contributed by atoms with E-state index in [1.54, 1.807) is 0 Å². The first-order valence-corrected chi connectivity index (χ1v) is 10.9. The van der Waals surface area contributed by atoms with Gasteiger partial charge in [0.2, 0.25) is 0 Å². The van der Waals surface area contributed by atoms with Crippen molar-refractivity contribution in [2.24, 2.45) is 5.92 Å². The largest absolute Gasteiger partial charge is 0.384 e. The molecule has 0 spiro atoms. The van der Waals surface area contributed by atoms with E-state index in [1.165, 1.54) is 22.6 Å². The van der Waals surface area contributed by atoms with Crippen LogP contribution in [0.4, 0.5) is 48.3 Å². The van der Waals surface area contributed by atoms with Gasteiger partial charge >= 0.3 is 29.6 Å². The Morgan fingerprint density at radius 2 is 0.900 bits per heavy atom. The summed E-state index contributed by atoms with van der Waals surface area (Å²) >= 11 is 1.24. The predicted octanol–water partition coefficient (Wildman–Crippen LogP) is 8.47. The molecule has 180 valence electrons. The molecule has 1 aliphatic carbocycles. The molecule has 0 radical (unpaired) electrons. The molecule has 2 atom stereocenters. The average molecular weight is 576 g/mol. The number of hydrogen-bond acceptors (Lipinski definition) is 0. The maximum Gasteiger partial charge on any atom is 0.384 e. The van der Waals surface area contributed by atoms with Crippen LogP contribution in [0, 0.1) is 5.92 Å². The van der Waals surface area contributed by atoms with E-state index < -0.39 is 45.1 Å². The molecule has 2 unspecified atom stereocenters. The second-order valence-electron chi connectivity index (χ2n) is 7.80. The number of alkyl halides is 12. The van der Waals surface area contributed by atoms with Crippen LogP contribution in [0.15, 0.2) is 0 Å². The molecule has 1 fully saturated rings. The summed E-state index contributed by atoms with van der Waals surface area (Å²) in [6.07, 6.45) is 4.98. The lowest BCUT2D eigenvalue weighted by atomic mass is 9.66. The Labute approximate surface area is 181 Å². The van der Waals surface area contributed by atoms with Crippen LogP contribution >= 0.6 is 22.6 Å². The van der Waals surface area contributed by atoms with Crippen LogP contribution in [-0.2, 0) is 0 Å². The normalized spacial score (nSPS) is 27.4. The molecule has 0 amide bonds. The number of rotatable bonds is 10. The molecule has 1 rings (SSSR count). The van der Waals surface area contributed by atoms with Crippen LogP contribution in [0.25, 0.3) is 0 Å². The molecule has 1 aliphatic rings. The van der Waals surface area contributed by atoms with E-state index in [2.05, 4.69) is 0 Å². The minimum absolute atomic E-state index is 0.207. The molecule has 30 heavy (non-hydrogen) atoms. The van der Waals surface area contributed by atoms with Gasteiger partial charge in [0.15, 0.2) is 0 Å². The van der Waals surface area contributed by atoms with Crippen molar-refractivity contribution in [2.45, 2.75) is 104 Å². The van der Waals surface area contributed by atoms with Crippen molar-refractivity contribution in [1.82, 2.24) is 0 Å². The topological polar surface area (TPSA) is 0 Å². The van der Waals surface area contributed by atoms with Crippen LogP contribution < -0.4 is 0 Å². The zero-order chi connectivity index (χ0) is 23.8. The fraction of sp³-hybridized carbons (Fsp3) is 1.00. The molecule has 0 N–H and O–H groups in total. The molecular weight excluding hydrogens is 552 g/mol. The Morgan fingerprint density at radius 1 is 0.567 bits per heavy atom. The summed E-state index contributed by atoms with van der Waals surface area (Å²) in [5.41, 5.74) is -5.89. The Balaban J connectivity index is 3.11. The highest BCUT2D eigenvalue weighted by molar-refractivity contribution is 14.1. The van der Waals surface area contributed by atoms with E-state index in [1.807, 2.05) is 6.92 Å². The summed E-state index contributed by atoms with van der Waals surface area (Å²) in [5.74, 6) is -37.4. The van der Waals surface area contributed by atoms with Gasteiger partial charge in [0, 0.05) is 9.84 Å². The molecule has 0 bridgehead atoms. The van der Waals surface area contributed by atoms with Crippen LogP contribution in [0.5, 0.6) is 0 Å². The van der Waals surface area contributed by atoms with Crippen molar-refractivity contribution in [3.05, 3.63) is 0 Å². The first-order valence-electron chi connectivity index (χ1n) is 9.61. The minimum atomic E-state index is -7.15. The van der Waals surface area contributed by atoms with Gasteiger partial charge in [0.1, 0.15) is 0 Å². The first-order chi connectivity index (χ1) is 13.4. The quantitative estimate of drug-likeness (QED) is 0.106. The average Bonchev–Trinajstić information content (AvgIpc) is 2.64. The molecule has 0 aliphatic heterocycles. The summed E-state index contributed by atoms with van der Waals surface area (Å²) < 4.78 is 151. The van der Waals surface area contributed by atoms with Crippen LogP contribution in [0.2, 0.25) is 0 Å². The van der Waals surface area contributed by atoms with Crippen molar-refractivity contribution in [3.8, 4) is 0 Å². The van der Waals surface area contributed by atoms with Gasteiger partial charge in [-0.2, -0.15) is 43.9 Å². The number of unbranched alkanes of at least 4 members (excludes halogenated alkanes) is 6. The van der Waals surface area contributed by atoms with E-state index in [-0.39, 0.29) is 12.8 Å². The molecule has 12 heteroatoms. The number of hydrogen-bond donors (Lipinski definition) is 0. The van der Waals surface area contributed by atoms with Crippen molar-refractivity contribution < 1.29 is 48.3 Å². The lowest BCUT2D eigenvalue weighted by Gasteiger charge is -2.55. The Kier molecular flexibility index (Phi) is 8.46. The highest BCUT2D eigenvalue weighted by atomic mass is 127. The fourth-order valence-electron chi connectivity index (χ4n) is 3.61. The van der Waals surface area contributed by atoms with Crippen LogP contribution in [-0.4, -0.2) is 39.2 Å². The Bertz CT molecular complexity index is 546. The lowest BCUT2D eigenvalue weighted by molar-refractivity contribution is -0.490. The zero-order valence-corrected chi connectivity index (χ0v) is 18.5. The maximum absolute atomic E-state index is 15.0. The van der Waals surface area contributed by atoms with Gasteiger partial charge in [-0.15, -0.1) is 0 Å². The molecule has 0 nitrogen and oxygen atoms in total. The van der Waals surface area contributed by atoms with E-state index >= 15 is 4.39 Å². The van der Waals surface area contributed by atoms with Crippen molar-refractivity contribution in [1.29, 1.82) is 0 Å². The smallest absolute Gasteiger partial charge is 0.230 e. The summed E-state index contributed by atoms with van der Waals surface area (Å²) in [4.78, 5) is 0. The van der Waals surface area contributed by atoms with Crippen molar-refractivity contribution >= 4 is 22.6 Å². The second kappa shape index (κ2) is 9.07. The van der Waals surface area contributed by atoms with Crippen LogP contribution in [0.3, 0.4) is 0 Å². The summed E-state index contributed by atoms with van der Waals surface area (Å²) in [6.45, 7) is 2.34. The predicted molar refractivity (Wildman–Crippen MR) is 98.2 cm³/mol. The summed E-state index contributed by atoms with van der Waals surface area (Å²) in [5, 5.41) is 0. The highest BCUT2D eigenvalue weighted by Crippen LogP contribution is 2.71. The third-order valence-corrected chi connectivity index (χ3v) is 7.45. The second-order valence-corrected chi connectivity index (χ2v) is 9.40. The van der Waals surface area contributed by atoms with Gasteiger partial charge in [0.25, 0.3) is 5.67 Å². The Morgan fingerprint density at radius 3 is 1.30 bits per heavy atom. The molecule has 0 aromatic heterocycles. The minimum Gasteiger partial charge on any atom is -0.230 e. The lowest BCUT2D eigenvalue weighted by Crippen LogP contribution is -2.85. The SMILES string of the molecule is CCCCCCCCCC(I)C(C)C1(F)C(F)(F)C(F)(F)C(F)(F)C(F)(F)C1(F)F. The third-order valence-electron chi connectivity index (χ3n) is 5.74. The Hall–Kier alpha value is -0.0400. The van der Waals surface area contributed by atoms with Gasteiger partial charge in [-0.25, -0.2) is 4.39 Å². The van der Waals surface area contributed by atoms with Gasteiger partial charge < -0.3 is 0 Å². The van der Waals surface area contributed by atoms with Gasteiger partial charge in [-0.1, -0.05) is 81.4 Å². The van der Waals surface area contributed by atoms with Crippen LogP contribution in [0.1, 0.15) is 65.2 Å². The molecule has 0 aromatic carbocycles. The zero-order valence-electron chi connectivity index (χ0n) is 16.3. The van der Waals surface area contributed by atoms with E-state index in [0.29, 0.717) is 19.8 Å². The van der Waals surface area contributed by atoms with E-state index in [4.69, 9.17) is 0 Å². The van der Waals surface area contributed by atoms with Gasteiger partial charge in [0.05, 0.1) is 0 Å².